The summed E-state index contributed by atoms with van der Waals surface area (Å²) in [6.07, 6.45) is 0. The molecule has 0 saturated heterocycles. The maximum atomic E-state index is 14.2. The lowest BCUT2D eigenvalue weighted by Gasteiger charge is -2.18. The topological polar surface area (TPSA) is 185 Å². The Kier molecular flexibility index (Phi) is 9.16. The molecule has 2 amide bonds. The largest absolute Gasteiger partial charge is 0.360 e. The van der Waals surface area contributed by atoms with Crippen LogP contribution in [0.5, 0.6) is 0 Å². The van der Waals surface area contributed by atoms with Crippen molar-refractivity contribution >= 4 is 102 Å². The predicted molar refractivity (Wildman–Crippen MR) is 199 cm³/mol. The third kappa shape index (κ3) is 6.39. The zero-order chi connectivity index (χ0) is 36.3. The van der Waals surface area contributed by atoms with E-state index in [4.69, 9.17) is 9.05 Å². The van der Waals surface area contributed by atoms with Crippen LogP contribution in [0.25, 0.3) is 31.3 Å². The minimum Gasteiger partial charge on any atom is -0.321 e. The molecular weight excluding hydrogens is 755 g/mol. The number of hydrogen-bond acceptors (Lipinski definition) is 10. The molecule has 1 aliphatic heterocycles. The van der Waals surface area contributed by atoms with Crippen molar-refractivity contribution < 1.29 is 46.0 Å². The number of amides is 2. The molecular formula is C34H28N2O10P2S3. The summed E-state index contributed by atoms with van der Waals surface area (Å²) in [5, 5.41) is 6.04. The first-order valence-corrected chi connectivity index (χ1v) is 21.7. The van der Waals surface area contributed by atoms with E-state index >= 15 is 0 Å². The second-order valence-electron chi connectivity index (χ2n) is 11.3. The van der Waals surface area contributed by atoms with Crippen LogP contribution in [0.3, 0.4) is 0 Å². The number of carbonyl (C=O) groups is 2. The Morgan fingerprint density at radius 3 is 1.43 bits per heavy atom. The van der Waals surface area contributed by atoms with Gasteiger partial charge in [-0.15, -0.1) is 22.7 Å². The standard InChI is InChI=1S/C34H28N2O10P2S3/c1-3-45-47(39,40)25-15-21-22-16-26(48(41,42)46-4-2)24(36-34(38)30-14-20-10-6-8-12-28(20)50-30)18-32(22)51(43,44)31(21)17-23(25)35-33(37)29-13-19-9-5-7-11-27(19)49-29/h5-18H,3-4H2,1-2H3,(H,35,37)(H,36,38)(H,39,40)(H,41,42). The highest BCUT2D eigenvalue weighted by molar-refractivity contribution is 7.92. The number of carbonyl (C=O) groups excluding carboxylic acids is 2. The molecule has 2 aromatic heterocycles. The Labute approximate surface area is 299 Å². The molecule has 1 aliphatic rings. The lowest BCUT2D eigenvalue weighted by atomic mass is 10.0. The number of anilines is 2. The molecule has 4 N–H and O–H groups in total. The molecule has 3 heterocycles. The summed E-state index contributed by atoms with van der Waals surface area (Å²) in [5.41, 5.74) is -0.692. The fraction of sp³-hybridized carbons (Fsp3) is 0.118. The van der Waals surface area contributed by atoms with Crippen molar-refractivity contribution in [1.82, 2.24) is 0 Å². The van der Waals surface area contributed by atoms with E-state index in [-0.39, 0.29) is 65.9 Å². The van der Waals surface area contributed by atoms with Gasteiger partial charge in [0.25, 0.3) is 11.8 Å². The minimum absolute atomic E-state index is 0.0750. The summed E-state index contributed by atoms with van der Waals surface area (Å²) >= 11 is 2.38. The first-order valence-electron chi connectivity index (χ1n) is 15.4. The van der Waals surface area contributed by atoms with Crippen LogP contribution in [-0.2, 0) is 28.0 Å². The van der Waals surface area contributed by atoms with Gasteiger partial charge in [0.1, 0.15) is 0 Å². The number of benzene rings is 4. The van der Waals surface area contributed by atoms with E-state index in [1.54, 1.807) is 12.1 Å². The van der Waals surface area contributed by atoms with Crippen molar-refractivity contribution in [1.29, 1.82) is 0 Å². The fourth-order valence-corrected chi connectivity index (χ4v) is 11.9. The zero-order valence-corrected chi connectivity index (χ0v) is 31.0. The maximum absolute atomic E-state index is 14.2. The van der Waals surface area contributed by atoms with Crippen molar-refractivity contribution in [3.05, 3.63) is 94.7 Å². The second-order valence-corrected chi connectivity index (χ2v) is 18.9. The summed E-state index contributed by atoms with van der Waals surface area (Å²) in [7, 11) is -13.8. The predicted octanol–water partition coefficient (Wildman–Crippen LogP) is 7.13. The van der Waals surface area contributed by atoms with Gasteiger partial charge in [-0.3, -0.25) is 18.7 Å². The number of rotatable bonds is 10. The van der Waals surface area contributed by atoms with E-state index in [9.17, 15) is 36.9 Å². The van der Waals surface area contributed by atoms with Gasteiger partial charge in [-0.05, 0) is 73.2 Å². The van der Waals surface area contributed by atoms with Crippen molar-refractivity contribution in [2.45, 2.75) is 23.6 Å². The molecule has 2 unspecified atom stereocenters. The van der Waals surface area contributed by atoms with Gasteiger partial charge < -0.3 is 29.5 Å². The van der Waals surface area contributed by atoms with E-state index in [1.807, 2.05) is 48.5 Å². The van der Waals surface area contributed by atoms with E-state index in [1.165, 1.54) is 36.5 Å². The average molecular weight is 783 g/mol. The molecule has 6 aromatic rings. The number of fused-ring (bicyclic) bond motifs is 5. The normalized spacial score (nSPS) is 15.5. The third-order valence-corrected chi connectivity index (χ3v) is 15.3. The molecule has 0 bridgehead atoms. The van der Waals surface area contributed by atoms with Crippen LogP contribution in [0.4, 0.5) is 11.4 Å². The van der Waals surface area contributed by atoms with Crippen molar-refractivity contribution in [2.75, 3.05) is 23.8 Å². The monoisotopic (exact) mass is 782 g/mol. The fourth-order valence-electron chi connectivity index (χ4n) is 5.83. The van der Waals surface area contributed by atoms with E-state index < -0.39 is 36.8 Å². The van der Waals surface area contributed by atoms with Gasteiger partial charge in [-0.2, -0.15) is 0 Å². The van der Waals surface area contributed by atoms with E-state index in [0.717, 1.165) is 44.4 Å². The smallest absolute Gasteiger partial charge is 0.321 e. The number of nitrogens with one attached hydrogen (secondary N) is 2. The summed E-state index contributed by atoms with van der Waals surface area (Å²) < 4.78 is 67.4. The van der Waals surface area contributed by atoms with Gasteiger partial charge in [0.05, 0.1) is 54.7 Å². The third-order valence-electron chi connectivity index (χ3n) is 8.08. The molecule has 17 heteroatoms. The molecule has 0 radical (unpaired) electrons. The number of thiophene rings is 2. The number of hydrogen-bond donors (Lipinski definition) is 4. The minimum atomic E-state index is -4.67. The molecule has 0 fully saturated rings. The van der Waals surface area contributed by atoms with Crippen LogP contribution in [0.1, 0.15) is 33.2 Å². The van der Waals surface area contributed by atoms with E-state index in [0.29, 0.717) is 0 Å². The van der Waals surface area contributed by atoms with Crippen LogP contribution < -0.4 is 21.2 Å². The SMILES string of the molecule is CCOP(=O)(O)c1cc2c(cc1NC(=O)c1cc3ccccc3s1)S(=O)(=O)c1cc(NC(=O)c3cc4ccccc4s3)c(P(=O)(O)OCC)cc1-2. The summed E-state index contributed by atoms with van der Waals surface area (Å²) in [6.45, 7) is 2.63. The highest BCUT2D eigenvalue weighted by atomic mass is 32.2. The van der Waals surface area contributed by atoms with Crippen LogP contribution >= 0.6 is 37.9 Å². The van der Waals surface area contributed by atoms with Crippen LogP contribution in [0.15, 0.2) is 94.7 Å². The highest BCUT2D eigenvalue weighted by Gasteiger charge is 2.40. The van der Waals surface area contributed by atoms with Crippen molar-refractivity contribution in [3.63, 3.8) is 0 Å². The quantitative estimate of drug-likeness (QED) is 0.104. The van der Waals surface area contributed by atoms with Gasteiger partial charge in [0, 0.05) is 20.5 Å². The Balaban J connectivity index is 1.36. The van der Waals surface area contributed by atoms with Crippen LogP contribution in [-0.4, -0.2) is 43.2 Å². The average Bonchev–Trinajstić information content (AvgIpc) is 3.77. The molecule has 4 aromatic carbocycles. The maximum Gasteiger partial charge on any atom is 0.360 e. The summed E-state index contributed by atoms with van der Waals surface area (Å²) in [5.74, 6) is -1.29. The van der Waals surface area contributed by atoms with Gasteiger partial charge in [0.2, 0.25) is 9.84 Å². The molecule has 7 rings (SSSR count). The molecule has 0 spiro atoms. The van der Waals surface area contributed by atoms with Gasteiger partial charge in [0.15, 0.2) is 0 Å². The van der Waals surface area contributed by atoms with Crippen molar-refractivity contribution in [3.8, 4) is 11.1 Å². The van der Waals surface area contributed by atoms with Gasteiger partial charge >= 0.3 is 15.2 Å². The second kappa shape index (κ2) is 13.2. The molecule has 0 aliphatic carbocycles. The number of sulfone groups is 1. The first-order chi connectivity index (χ1) is 24.2. The Bertz CT molecular complexity index is 2390. The first kappa shape index (κ1) is 35.4. The Morgan fingerprint density at radius 2 is 1.06 bits per heavy atom. The van der Waals surface area contributed by atoms with Crippen molar-refractivity contribution in [2.24, 2.45) is 0 Å². The Hall–Kier alpha value is -4.01. The summed E-state index contributed by atoms with van der Waals surface area (Å²) in [4.78, 5) is 48.8. The summed E-state index contributed by atoms with van der Waals surface area (Å²) in [6, 6.07) is 22.3. The highest BCUT2D eigenvalue weighted by Crippen LogP contribution is 2.52. The zero-order valence-electron chi connectivity index (χ0n) is 26.8. The Morgan fingerprint density at radius 1 is 0.667 bits per heavy atom. The van der Waals surface area contributed by atoms with Gasteiger partial charge in [-0.25, -0.2) is 8.42 Å². The van der Waals surface area contributed by atoms with Crippen LogP contribution in [0, 0.1) is 0 Å². The lowest BCUT2D eigenvalue weighted by Crippen LogP contribution is -2.20. The molecule has 262 valence electrons. The lowest BCUT2D eigenvalue weighted by molar-refractivity contribution is 0.102. The van der Waals surface area contributed by atoms with E-state index in [2.05, 4.69) is 10.6 Å². The van der Waals surface area contributed by atoms with Gasteiger partial charge in [-0.1, -0.05) is 36.4 Å². The molecule has 51 heavy (non-hydrogen) atoms. The molecule has 12 nitrogen and oxygen atoms in total. The molecule has 2 atom stereocenters. The van der Waals surface area contributed by atoms with Crippen LogP contribution in [0.2, 0.25) is 0 Å². The molecule has 0 saturated carbocycles.